The molecular weight excluding hydrogens is 1260 g/mol. The lowest BCUT2D eigenvalue weighted by atomic mass is 9.99. The first-order valence-corrected chi connectivity index (χ1v) is 31.7. The van der Waals surface area contributed by atoms with Gasteiger partial charge >= 0.3 is 5.97 Å². The first-order valence-electron chi connectivity index (χ1n) is 31.7. The predicted octanol–water partition coefficient (Wildman–Crippen LogP) is -2.81. The van der Waals surface area contributed by atoms with Crippen molar-refractivity contribution in [2.24, 2.45) is 62.1 Å². The zero-order chi connectivity index (χ0) is 72.5. The average Bonchev–Trinajstić information content (AvgIpc) is 0.863. The van der Waals surface area contributed by atoms with Crippen LogP contribution in [0.5, 0.6) is 5.75 Å². The highest BCUT2D eigenvalue weighted by Gasteiger charge is 2.36. The monoisotopic (exact) mass is 1350 g/mol. The van der Waals surface area contributed by atoms with Crippen molar-refractivity contribution in [3.05, 3.63) is 114 Å². The number of nitrogens with two attached hydrogens (primary N) is 6. The van der Waals surface area contributed by atoms with Gasteiger partial charge in [0.1, 0.15) is 60.6 Å². The summed E-state index contributed by atoms with van der Waals surface area (Å²) in [4.78, 5) is 173. The summed E-state index contributed by atoms with van der Waals surface area (Å²) in [7, 11) is 0. The van der Waals surface area contributed by atoms with Gasteiger partial charge in [0.2, 0.25) is 59.1 Å². The maximum atomic E-state index is 14.5. The van der Waals surface area contributed by atoms with Crippen molar-refractivity contribution in [1.29, 1.82) is 0 Å². The fourth-order valence-corrected chi connectivity index (χ4v) is 9.71. The van der Waals surface area contributed by atoms with E-state index in [-0.39, 0.29) is 94.0 Å². The lowest BCUT2D eigenvalue weighted by Gasteiger charge is -2.28. The Morgan fingerprint density at radius 2 is 0.866 bits per heavy atom. The van der Waals surface area contributed by atoms with Gasteiger partial charge in [-0.05, 0) is 85.1 Å². The number of carbonyl (C=O) groups is 12. The molecule has 0 saturated carbocycles. The standard InChI is InChI=1S/C65H96N18O14/c1-35(2)28-43(66)55(89)79-48(30-39-16-10-8-11-17-39)60(94)77-45(21-15-27-73-65(70)71)57(91)83-53(37(5)6)63(97)82-47(32-41-22-24-42(84)25-23-41)58(92)75-38(7)54(88)78-50(33-51(67)85)62(96)81-49(31-40-18-12-9-13-19-40)61(95)80-46(29-36(3)4)59(93)76-44(20-14-26-72-64(68)69)56(90)74-34-52(86)87/h8-13,16-19,22-25,35-37,43-50,53,84H,7,14-15,20-21,26-34,66H2,1-6H3,(H2,67,85)(H,74,90)(H,75,92)(H,76,93)(H,77,94)(H,78,88)(H,79,89)(H,80,95)(H,81,96)(H,82,97)(H,83,91)(H,86,87)(H4,68,69,72)(H4,70,71,73)/t43-,44-,45-,46-,47-,48-,49-,50-,53-/m0/s1. The van der Waals surface area contributed by atoms with Crippen LogP contribution in [0.3, 0.4) is 0 Å². The van der Waals surface area contributed by atoms with E-state index in [9.17, 15) is 67.7 Å². The number of hydrogen-bond donors (Lipinski definition) is 18. The molecule has 0 heterocycles. The van der Waals surface area contributed by atoms with Gasteiger partial charge in [0, 0.05) is 32.4 Å². The minimum atomic E-state index is -1.85. The third-order valence-electron chi connectivity index (χ3n) is 14.6. The van der Waals surface area contributed by atoms with Gasteiger partial charge in [-0.25, -0.2) is 0 Å². The molecule has 97 heavy (non-hydrogen) atoms. The Kier molecular flexibility index (Phi) is 34.2. The van der Waals surface area contributed by atoms with Crippen molar-refractivity contribution in [1.82, 2.24) is 53.2 Å². The minimum Gasteiger partial charge on any atom is -0.508 e. The second-order valence-corrected chi connectivity index (χ2v) is 24.4. The minimum absolute atomic E-state index is 0.00819. The molecule has 0 aliphatic carbocycles. The summed E-state index contributed by atoms with van der Waals surface area (Å²) < 4.78 is 0. The Bertz CT molecular complexity index is 3230. The first kappa shape index (κ1) is 80.6. The van der Waals surface area contributed by atoms with Crippen molar-refractivity contribution in [3.63, 3.8) is 0 Å². The van der Waals surface area contributed by atoms with Crippen LogP contribution in [0.2, 0.25) is 0 Å². The van der Waals surface area contributed by atoms with Crippen LogP contribution < -0.4 is 87.6 Å². The summed E-state index contributed by atoms with van der Waals surface area (Å²) >= 11 is 0. The Morgan fingerprint density at radius 1 is 0.464 bits per heavy atom. The summed E-state index contributed by atoms with van der Waals surface area (Å²) in [5.74, 6) is -13.2. The summed E-state index contributed by atoms with van der Waals surface area (Å²) in [5.41, 5.74) is 34.6. The molecule has 0 radical (unpaired) electrons. The molecule has 0 unspecified atom stereocenters. The number of guanidine groups is 2. The van der Waals surface area contributed by atoms with E-state index in [1.807, 2.05) is 13.8 Å². The molecule has 0 aromatic heterocycles. The second kappa shape index (κ2) is 41.2. The molecule has 32 heteroatoms. The van der Waals surface area contributed by atoms with Crippen molar-refractivity contribution in [2.75, 3.05) is 19.6 Å². The smallest absolute Gasteiger partial charge is 0.322 e. The van der Waals surface area contributed by atoms with Crippen LogP contribution in [0.25, 0.3) is 0 Å². The third kappa shape index (κ3) is 31.0. The summed E-state index contributed by atoms with van der Waals surface area (Å²) in [6.45, 7) is 13.4. The van der Waals surface area contributed by atoms with Gasteiger partial charge in [-0.2, -0.15) is 0 Å². The highest BCUT2D eigenvalue weighted by molar-refractivity contribution is 6.03. The topological polar surface area (TPSA) is 546 Å². The number of aromatic hydroxyl groups is 1. The normalized spacial score (nSPS) is 13.8. The number of primary amides is 1. The van der Waals surface area contributed by atoms with Gasteiger partial charge < -0.3 is 97.8 Å². The Morgan fingerprint density at radius 3 is 1.32 bits per heavy atom. The summed E-state index contributed by atoms with van der Waals surface area (Å²) in [6.07, 6.45) is -0.898. The molecule has 3 rings (SSSR count). The molecule has 9 atom stereocenters. The zero-order valence-electron chi connectivity index (χ0n) is 55.6. The lowest BCUT2D eigenvalue weighted by molar-refractivity contribution is -0.138. The molecule has 24 N–H and O–H groups in total. The molecule has 0 aliphatic rings. The number of benzene rings is 3. The van der Waals surface area contributed by atoms with Gasteiger partial charge in [-0.15, -0.1) is 0 Å². The number of phenols is 1. The van der Waals surface area contributed by atoms with Gasteiger partial charge in [0.15, 0.2) is 11.9 Å². The van der Waals surface area contributed by atoms with E-state index in [4.69, 9.17) is 34.4 Å². The number of hydrogen-bond acceptors (Lipinski definition) is 16. The number of nitrogens with zero attached hydrogens (tertiary/aromatic N) is 2. The Labute approximate surface area is 563 Å². The number of amides is 11. The van der Waals surface area contributed by atoms with Crippen LogP contribution in [0.1, 0.15) is 103 Å². The van der Waals surface area contributed by atoms with E-state index in [0.717, 1.165) is 0 Å². The Hall–Kier alpha value is -10.7. The molecule has 0 fully saturated rings. The van der Waals surface area contributed by atoms with Crippen LogP contribution in [-0.4, -0.2) is 167 Å². The number of carboxylic acids is 1. The number of phenolic OH excluding ortho intramolecular Hbond substituents is 1. The fraction of sp³-hybridized carbons (Fsp3) is 0.477. The molecule has 11 amide bonds. The molecule has 0 aliphatic heterocycles. The number of carbonyl (C=O) groups excluding carboxylic acids is 11. The molecule has 3 aromatic carbocycles. The maximum absolute atomic E-state index is 14.5. The summed E-state index contributed by atoms with van der Waals surface area (Å²) in [5, 5.41) is 44.6. The van der Waals surface area contributed by atoms with Crippen molar-refractivity contribution >= 4 is 82.9 Å². The molecule has 0 saturated heterocycles. The van der Waals surface area contributed by atoms with Gasteiger partial charge in [-0.3, -0.25) is 67.5 Å². The highest BCUT2D eigenvalue weighted by Crippen LogP contribution is 2.16. The average molecular weight is 1350 g/mol. The molecule has 530 valence electrons. The van der Waals surface area contributed by atoms with Gasteiger partial charge in [0.05, 0.1) is 18.2 Å². The van der Waals surface area contributed by atoms with Crippen LogP contribution in [0.15, 0.2) is 107 Å². The largest absolute Gasteiger partial charge is 0.508 e. The Balaban J connectivity index is 1.94. The molecule has 32 nitrogen and oxygen atoms in total. The third-order valence-corrected chi connectivity index (χ3v) is 14.6. The molecule has 0 spiro atoms. The van der Waals surface area contributed by atoms with Crippen LogP contribution in [0, 0.1) is 17.8 Å². The second-order valence-electron chi connectivity index (χ2n) is 24.4. The molecule has 3 aromatic rings. The van der Waals surface area contributed by atoms with E-state index in [1.165, 1.54) is 24.3 Å². The fourth-order valence-electron chi connectivity index (χ4n) is 9.71. The first-order chi connectivity index (χ1) is 45.7. The van der Waals surface area contributed by atoms with E-state index in [2.05, 4.69) is 69.7 Å². The summed E-state index contributed by atoms with van der Waals surface area (Å²) in [6, 6.07) is 9.99. The van der Waals surface area contributed by atoms with Gasteiger partial charge in [0.25, 0.3) is 5.91 Å². The SMILES string of the molecule is C=C(NC(=O)[C@H](Cc1ccc(O)cc1)NC(=O)[C@@H](NC(=O)[C@H](CCCN=C(N)N)NC(=O)[C@H](Cc1ccccc1)NC(=O)[C@@H](N)CC(C)C)C(C)C)C(=O)N[C@@H](CC(N)=O)C(=O)N[C@@H](Cc1ccccc1)C(=O)N[C@@H](CC(C)C)C(=O)N[C@@H](CCCN=C(N)N)C(=O)NCC(=O)O. The quantitative estimate of drug-likeness (QED) is 0.0118. The number of rotatable bonds is 42. The van der Waals surface area contributed by atoms with Crippen molar-refractivity contribution in [3.8, 4) is 5.75 Å². The van der Waals surface area contributed by atoms with E-state index in [0.29, 0.717) is 23.1 Å². The number of aliphatic carboxylic acids is 1. The predicted molar refractivity (Wildman–Crippen MR) is 361 cm³/mol. The van der Waals surface area contributed by atoms with Gasteiger partial charge in [-0.1, -0.05) is 121 Å². The molecular formula is C65H96N18O14. The zero-order valence-corrected chi connectivity index (χ0v) is 55.6. The van der Waals surface area contributed by atoms with Crippen LogP contribution >= 0.6 is 0 Å². The number of carboxylic acid groups (broad SMARTS) is 1. The van der Waals surface area contributed by atoms with E-state index < -0.39 is 150 Å². The lowest BCUT2D eigenvalue weighted by Crippen LogP contribution is -2.60. The van der Waals surface area contributed by atoms with Crippen molar-refractivity contribution in [2.45, 2.75) is 160 Å². The van der Waals surface area contributed by atoms with E-state index in [1.54, 1.807) is 88.4 Å². The van der Waals surface area contributed by atoms with Crippen LogP contribution in [-0.2, 0) is 76.8 Å². The number of nitrogens with one attached hydrogen (secondary N) is 10. The van der Waals surface area contributed by atoms with Crippen molar-refractivity contribution < 1.29 is 67.7 Å². The highest BCUT2D eigenvalue weighted by atomic mass is 16.4. The maximum Gasteiger partial charge on any atom is 0.322 e. The molecule has 0 bridgehead atoms. The van der Waals surface area contributed by atoms with Crippen LogP contribution in [0.4, 0.5) is 0 Å². The van der Waals surface area contributed by atoms with E-state index >= 15 is 0 Å². The number of aliphatic imine (C=N–C) groups is 2.